The molecular formula is C11H17BO4. The zero-order valence-corrected chi connectivity index (χ0v) is 10.1. The monoisotopic (exact) mass is 224 g/mol. The Kier molecular flexibility index (Phi) is 1.95. The Morgan fingerprint density at radius 3 is 2.56 bits per heavy atom. The van der Waals surface area contributed by atoms with Crippen LogP contribution in [0.5, 0.6) is 0 Å². The molecule has 0 amide bonds. The third-order valence-corrected chi connectivity index (χ3v) is 4.74. The molecule has 0 spiro atoms. The van der Waals surface area contributed by atoms with Crippen molar-refractivity contribution in [1.29, 1.82) is 0 Å². The van der Waals surface area contributed by atoms with Gasteiger partial charge in [0.2, 0.25) is 0 Å². The van der Waals surface area contributed by atoms with E-state index in [9.17, 15) is 0 Å². The standard InChI is InChI=1S/C11H17BO4/c1-9(2)8-11(14-4)6(15-8)7(12)16-10(9,11)5-13-3/h6-8H,5H2,1-4H3/t6?,7-,8-,10+,11?/m1/s1. The van der Waals surface area contributed by atoms with Crippen molar-refractivity contribution in [2.45, 2.75) is 43.3 Å². The molecule has 3 rings (SSSR count). The highest BCUT2D eigenvalue weighted by molar-refractivity contribution is 6.12. The third-order valence-electron chi connectivity index (χ3n) is 4.74. The molecular weight excluding hydrogens is 207 g/mol. The summed E-state index contributed by atoms with van der Waals surface area (Å²) in [6.07, 6.45) is -0.107. The lowest BCUT2D eigenvalue weighted by atomic mass is 9.43. The highest BCUT2D eigenvalue weighted by atomic mass is 16.7. The van der Waals surface area contributed by atoms with E-state index in [1.165, 1.54) is 0 Å². The molecule has 2 saturated heterocycles. The molecule has 2 heterocycles. The molecule has 2 unspecified atom stereocenters. The van der Waals surface area contributed by atoms with Crippen molar-refractivity contribution in [2.24, 2.45) is 5.41 Å². The van der Waals surface area contributed by atoms with Gasteiger partial charge in [0.15, 0.2) is 5.60 Å². The van der Waals surface area contributed by atoms with Gasteiger partial charge in [-0.25, -0.2) is 0 Å². The Hall–Kier alpha value is -0.0951. The van der Waals surface area contributed by atoms with Crippen LogP contribution in [-0.2, 0) is 18.9 Å². The normalized spacial score (nSPS) is 56.4. The van der Waals surface area contributed by atoms with Crippen LogP contribution in [0.2, 0.25) is 0 Å². The molecule has 16 heavy (non-hydrogen) atoms. The second-order valence-electron chi connectivity index (χ2n) is 5.50. The fourth-order valence-electron chi connectivity index (χ4n) is 3.99. The molecule has 0 N–H and O–H groups in total. The summed E-state index contributed by atoms with van der Waals surface area (Å²) >= 11 is 0. The van der Waals surface area contributed by atoms with Crippen molar-refractivity contribution >= 4 is 7.85 Å². The van der Waals surface area contributed by atoms with Crippen molar-refractivity contribution in [1.82, 2.24) is 0 Å². The Bertz CT molecular complexity index is 334. The number of rotatable bonds is 3. The molecule has 0 aromatic rings. The van der Waals surface area contributed by atoms with Gasteiger partial charge in [-0.05, 0) is 0 Å². The number of methoxy groups -OCH3 is 2. The minimum Gasteiger partial charge on any atom is -0.382 e. The van der Waals surface area contributed by atoms with E-state index in [1.807, 2.05) is 0 Å². The van der Waals surface area contributed by atoms with E-state index < -0.39 is 17.2 Å². The topological polar surface area (TPSA) is 36.9 Å². The van der Waals surface area contributed by atoms with Gasteiger partial charge in [0.1, 0.15) is 25.7 Å². The Labute approximate surface area is 97.0 Å². The predicted octanol–water partition coefficient (Wildman–Crippen LogP) is 0.0888. The maximum Gasteiger partial charge on any atom is 0.154 e. The highest BCUT2D eigenvalue weighted by Gasteiger charge is 2.91. The SMILES string of the molecule is [B][C@@H]1O[C@@]2(COC)C(C)(C)[C@H]3OC1C32OC. The fourth-order valence-corrected chi connectivity index (χ4v) is 3.99. The van der Waals surface area contributed by atoms with E-state index in [1.54, 1.807) is 14.2 Å². The number of hydrogen-bond donors (Lipinski definition) is 0. The maximum atomic E-state index is 5.95. The van der Waals surface area contributed by atoms with Gasteiger partial charge in [0, 0.05) is 25.6 Å². The zero-order chi connectivity index (χ0) is 11.8. The number of ether oxygens (including phenoxy) is 4. The second-order valence-corrected chi connectivity index (χ2v) is 5.50. The van der Waals surface area contributed by atoms with E-state index in [0.717, 1.165) is 0 Å². The van der Waals surface area contributed by atoms with E-state index in [-0.39, 0.29) is 17.6 Å². The Morgan fingerprint density at radius 2 is 2.00 bits per heavy atom. The minimum absolute atomic E-state index is 0.0544. The molecule has 3 aliphatic rings. The van der Waals surface area contributed by atoms with Gasteiger partial charge in [-0.1, -0.05) is 13.8 Å². The van der Waals surface area contributed by atoms with Gasteiger partial charge >= 0.3 is 0 Å². The molecule has 0 aromatic carbocycles. The predicted molar refractivity (Wildman–Crippen MR) is 57.4 cm³/mol. The lowest BCUT2D eigenvalue weighted by Gasteiger charge is -2.74. The van der Waals surface area contributed by atoms with Gasteiger partial charge in [-0.2, -0.15) is 0 Å². The summed E-state index contributed by atoms with van der Waals surface area (Å²) < 4.78 is 22.8. The number of hydrogen-bond acceptors (Lipinski definition) is 4. The van der Waals surface area contributed by atoms with Gasteiger partial charge in [0.05, 0.1) is 6.61 Å². The van der Waals surface area contributed by atoms with Crippen LogP contribution in [0, 0.1) is 5.41 Å². The van der Waals surface area contributed by atoms with E-state index in [0.29, 0.717) is 6.61 Å². The van der Waals surface area contributed by atoms with E-state index >= 15 is 0 Å². The first-order valence-electron chi connectivity index (χ1n) is 5.61. The van der Waals surface area contributed by atoms with E-state index in [4.69, 9.17) is 26.8 Å². The fraction of sp³-hybridized carbons (Fsp3) is 1.00. The first-order valence-corrected chi connectivity index (χ1v) is 5.61. The maximum absolute atomic E-state index is 5.95. The Morgan fingerprint density at radius 1 is 1.31 bits per heavy atom. The lowest BCUT2D eigenvalue weighted by Crippen LogP contribution is -2.92. The summed E-state index contributed by atoms with van der Waals surface area (Å²) in [6.45, 7) is 4.71. The van der Waals surface area contributed by atoms with Crippen LogP contribution < -0.4 is 0 Å². The second kappa shape index (κ2) is 2.83. The molecule has 5 atom stereocenters. The summed E-state index contributed by atoms with van der Waals surface area (Å²) in [7, 11) is 9.32. The molecule has 4 nitrogen and oxygen atoms in total. The average molecular weight is 224 g/mol. The molecule has 2 aliphatic heterocycles. The molecule has 0 aromatic heterocycles. The highest BCUT2D eigenvalue weighted by Crippen LogP contribution is 2.73. The zero-order valence-electron chi connectivity index (χ0n) is 10.1. The average Bonchev–Trinajstić information content (AvgIpc) is 2.23. The summed E-state index contributed by atoms with van der Waals surface area (Å²) in [5, 5.41) is 0. The van der Waals surface area contributed by atoms with Crippen LogP contribution in [0.25, 0.3) is 0 Å². The van der Waals surface area contributed by atoms with Gasteiger partial charge < -0.3 is 18.9 Å². The van der Waals surface area contributed by atoms with Crippen LogP contribution >= 0.6 is 0 Å². The van der Waals surface area contributed by atoms with Crippen molar-refractivity contribution in [3.8, 4) is 0 Å². The molecule has 2 radical (unpaired) electrons. The van der Waals surface area contributed by atoms with Crippen molar-refractivity contribution in [3.05, 3.63) is 0 Å². The molecule has 1 aliphatic carbocycles. The first kappa shape index (κ1) is 11.0. The van der Waals surface area contributed by atoms with Crippen molar-refractivity contribution < 1.29 is 18.9 Å². The van der Waals surface area contributed by atoms with Crippen LogP contribution in [-0.4, -0.2) is 58.1 Å². The molecule has 5 heteroatoms. The van der Waals surface area contributed by atoms with Gasteiger partial charge in [-0.3, -0.25) is 0 Å². The third kappa shape index (κ3) is 0.741. The first-order chi connectivity index (χ1) is 7.48. The van der Waals surface area contributed by atoms with Crippen LogP contribution in [0.15, 0.2) is 0 Å². The molecule has 88 valence electrons. The van der Waals surface area contributed by atoms with E-state index in [2.05, 4.69) is 13.8 Å². The van der Waals surface area contributed by atoms with Crippen molar-refractivity contribution in [3.63, 3.8) is 0 Å². The molecule has 3 fully saturated rings. The van der Waals surface area contributed by atoms with Crippen molar-refractivity contribution in [2.75, 3.05) is 20.8 Å². The largest absolute Gasteiger partial charge is 0.382 e. The van der Waals surface area contributed by atoms with Crippen LogP contribution in [0.3, 0.4) is 0 Å². The van der Waals surface area contributed by atoms with Crippen LogP contribution in [0.1, 0.15) is 13.8 Å². The summed E-state index contributed by atoms with van der Waals surface area (Å²) in [5.74, 6) is 0. The summed E-state index contributed by atoms with van der Waals surface area (Å²) in [4.78, 5) is 0. The Balaban J connectivity index is 2.05. The van der Waals surface area contributed by atoms with Gasteiger partial charge in [-0.15, -0.1) is 0 Å². The quantitative estimate of drug-likeness (QED) is 0.636. The summed E-state index contributed by atoms with van der Waals surface area (Å²) in [5.41, 5.74) is -1.02. The molecule has 1 saturated carbocycles. The van der Waals surface area contributed by atoms with Crippen LogP contribution in [0.4, 0.5) is 0 Å². The summed E-state index contributed by atoms with van der Waals surface area (Å²) in [6, 6.07) is -0.423. The smallest absolute Gasteiger partial charge is 0.154 e. The molecule has 0 bridgehead atoms. The lowest BCUT2D eigenvalue weighted by molar-refractivity contribution is -0.440. The van der Waals surface area contributed by atoms with Gasteiger partial charge in [0.25, 0.3) is 0 Å². The minimum atomic E-state index is -0.476.